The third-order valence-electron chi connectivity index (χ3n) is 5.54. The highest BCUT2D eigenvalue weighted by molar-refractivity contribution is 7.90. The molecule has 140 valence electrons. The van der Waals surface area contributed by atoms with Gasteiger partial charge < -0.3 is 10.3 Å². The van der Waals surface area contributed by atoms with Crippen LogP contribution in [0.5, 0.6) is 0 Å². The lowest BCUT2D eigenvalue weighted by Gasteiger charge is -2.15. The maximum absolute atomic E-state index is 12.4. The maximum atomic E-state index is 12.4. The molecule has 2 aromatic heterocycles. The Morgan fingerprint density at radius 1 is 1.19 bits per heavy atom. The van der Waals surface area contributed by atoms with Crippen LogP contribution in [0.3, 0.4) is 0 Å². The van der Waals surface area contributed by atoms with Crippen LogP contribution in [-0.4, -0.2) is 29.3 Å². The number of pyridine rings is 1. The fraction of sp³-hybridized carbons (Fsp3) is 0.350. The SMILES string of the molecule is Nc1ccc2c(c1)c1c(n2Cc2ccccn2)C[C@H](NS(=O)(=O)C2CC2)C1. The lowest BCUT2D eigenvalue weighted by Crippen LogP contribution is -2.37. The van der Waals surface area contributed by atoms with Crippen LogP contribution in [0.25, 0.3) is 10.9 Å². The predicted octanol–water partition coefficient (Wildman–Crippen LogP) is 2.22. The van der Waals surface area contributed by atoms with Crippen LogP contribution in [-0.2, 0) is 29.4 Å². The second kappa shape index (κ2) is 6.07. The number of benzene rings is 1. The smallest absolute Gasteiger partial charge is 0.214 e. The van der Waals surface area contributed by atoms with E-state index >= 15 is 0 Å². The van der Waals surface area contributed by atoms with Gasteiger partial charge in [0.1, 0.15) is 0 Å². The topological polar surface area (TPSA) is 90.0 Å². The second-order valence-electron chi connectivity index (χ2n) is 7.58. The van der Waals surface area contributed by atoms with E-state index in [2.05, 4.69) is 20.3 Å². The Bertz CT molecular complexity index is 1120. The Morgan fingerprint density at radius 2 is 2.04 bits per heavy atom. The van der Waals surface area contributed by atoms with Gasteiger partial charge in [0.25, 0.3) is 0 Å². The van der Waals surface area contributed by atoms with Crippen molar-refractivity contribution in [3.8, 4) is 0 Å². The van der Waals surface area contributed by atoms with Crippen molar-refractivity contribution in [3.63, 3.8) is 0 Å². The lowest BCUT2D eigenvalue weighted by molar-refractivity contribution is 0.551. The number of fused-ring (bicyclic) bond motifs is 3. The number of hydrogen-bond acceptors (Lipinski definition) is 4. The first-order chi connectivity index (χ1) is 13.0. The molecule has 0 saturated heterocycles. The lowest BCUT2D eigenvalue weighted by atomic mass is 10.1. The largest absolute Gasteiger partial charge is 0.399 e. The van der Waals surface area contributed by atoms with Gasteiger partial charge in [0.15, 0.2) is 0 Å². The van der Waals surface area contributed by atoms with E-state index in [0.717, 1.165) is 35.1 Å². The molecule has 27 heavy (non-hydrogen) atoms. The third kappa shape index (κ3) is 3.00. The minimum absolute atomic E-state index is 0.0820. The molecule has 3 N–H and O–H groups in total. The van der Waals surface area contributed by atoms with Crippen LogP contribution in [0.1, 0.15) is 29.8 Å². The van der Waals surface area contributed by atoms with Crippen molar-refractivity contribution in [1.29, 1.82) is 0 Å². The molecule has 0 radical (unpaired) electrons. The average molecular weight is 382 g/mol. The molecule has 2 heterocycles. The summed E-state index contributed by atoms with van der Waals surface area (Å²) in [5, 5.41) is 0.926. The summed E-state index contributed by atoms with van der Waals surface area (Å²) in [4.78, 5) is 4.46. The molecule has 1 saturated carbocycles. The molecule has 5 rings (SSSR count). The fourth-order valence-corrected chi connectivity index (χ4v) is 5.71. The van der Waals surface area contributed by atoms with E-state index in [1.54, 1.807) is 6.20 Å². The number of nitrogens with two attached hydrogens (primary N) is 1. The highest BCUT2D eigenvalue weighted by Crippen LogP contribution is 2.36. The summed E-state index contributed by atoms with van der Waals surface area (Å²) in [5.41, 5.74) is 11.3. The Hall–Kier alpha value is -2.38. The number of sulfonamides is 1. The van der Waals surface area contributed by atoms with E-state index in [4.69, 9.17) is 5.73 Å². The second-order valence-corrected chi connectivity index (χ2v) is 9.57. The third-order valence-corrected chi connectivity index (χ3v) is 7.55. The van der Waals surface area contributed by atoms with E-state index in [9.17, 15) is 8.42 Å². The first-order valence-corrected chi connectivity index (χ1v) is 10.9. The van der Waals surface area contributed by atoms with Gasteiger partial charge in [0, 0.05) is 40.9 Å². The molecule has 0 aliphatic heterocycles. The van der Waals surface area contributed by atoms with Gasteiger partial charge in [-0.1, -0.05) is 6.07 Å². The number of anilines is 1. The van der Waals surface area contributed by atoms with Gasteiger partial charge in [0.2, 0.25) is 10.0 Å². The van der Waals surface area contributed by atoms with Crippen LogP contribution in [0.2, 0.25) is 0 Å². The summed E-state index contributed by atoms with van der Waals surface area (Å²) < 4.78 is 29.9. The van der Waals surface area contributed by atoms with E-state index in [0.29, 0.717) is 19.4 Å². The van der Waals surface area contributed by atoms with Crippen LogP contribution in [0.15, 0.2) is 42.6 Å². The van der Waals surface area contributed by atoms with E-state index in [1.807, 2.05) is 30.3 Å². The number of aromatic nitrogens is 2. The van der Waals surface area contributed by atoms with Crippen LogP contribution in [0, 0.1) is 0 Å². The highest BCUT2D eigenvalue weighted by atomic mass is 32.2. The fourth-order valence-electron chi connectivity index (χ4n) is 4.13. The Kier molecular flexibility index (Phi) is 3.77. The molecule has 6 nitrogen and oxygen atoms in total. The molecule has 7 heteroatoms. The van der Waals surface area contributed by atoms with Crippen molar-refractivity contribution in [2.75, 3.05) is 5.73 Å². The van der Waals surface area contributed by atoms with Crippen molar-refractivity contribution < 1.29 is 8.42 Å². The minimum atomic E-state index is -3.20. The summed E-state index contributed by atoms with van der Waals surface area (Å²) in [6, 6.07) is 11.8. The molecular weight excluding hydrogens is 360 g/mol. The van der Waals surface area contributed by atoms with Crippen molar-refractivity contribution in [2.45, 2.75) is 43.5 Å². The monoisotopic (exact) mass is 382 g/mol. The van der Waals surface area contributed by atoms with Crippen molar-refractivity contribution >= 4 is 26.6 Å². The summed E-state index contributed by atoms with van der Waals surface area (Å²) >= 11 is 0. The molecule has 2 aliphatic carbocycles. The van der Waals surface area contributed by atoms with Gasteiger partial charge >= 0.3 is 0 Å². The molecule has 0 bridgehead atoms. The van der Waals surface area contributed by atoms with Gasteiger partial charge in [-0.05, 0) is 55.2 Å². The number of nitrogens with zero attached hydrogens (tertiary/aromatic N) is 2. The van der Waals surface area contributed by atoms with Crippen LogP contribution >= 0.6 is 0 Å². The number of rotatable bonds is 5. The minimum Gasteiger partial charge on any atom is -0.399 e. The maximum Gasteiger partial charge on any atom is 0.214 e. The zero-order chi connectivity index (χ0) is 18.6. The molecule has 0 spiro atoms. The highest BCUT2D eigenvalue weighted by Gasteiger charge is 2.39. The average Bonchev–Trinajstić information content (AvgIpc) is 3.38. The predicted molar refractivity (Wildman–Crippen MR) is 106 cm³/mol. The van der Waals surface area contributed by atoms with Crippen molar-refractivity contribution in [1.82, 2.24) is 14.3 Å². The van der Waals surface area contributed by atoms with E-state index in [1.165, 1.54) is 11.3 Å². The van der Waals surface area contributed by atoms with Crippen molar-refractivity contribution in [2.24, 2.45) is 0 Å². The number of hydrogen-bond donors (Lipinski definition) is 2. The molecular formula is C20H22N4O2S. The van der Waals surface area contributed by atoms with Gasteiger partial charge in [-0.3, -0.25) is 4.98 Å². The summed E-state index contributed by atoms with van der Waals surface area (Å²) in [7, 11) is -3.20. The Morgan fingerprint density at radius 3 is 2.78 bits per heavy atom. The van der Waals surface area contributed by atoms with Crippen LogP contribution < -0.4 is 10.5 Å². The molecule has 3 aromatic rings. The first kappa shape index (κ1) is 16.8. The molecule has 0 amide bonds. The van der Waals surface area contributed by atoms with Gasteiger partial charge in [-0.2, -0.15) is 0 Å². The number of nitrogens with one attached hydrogen (secondary N) is 1. The summed E-state index contributed by atoms with van der Waals surface area (Å²) in [6.45, 7) is 0.665. The molecule has 2 aliphatic rings. The molecule has 0 unspecified atom stereocenters. The normalized spacial score (nSPS) is 19.5. The molecule has 1 atom stereocenters. The summed E-state index contributed by atoms with van der Waals surface area (Å²) in [5.74, 6) is 0. The zero-order valence-corrected chi connectivity index (χ0v) is 15.7. The molecule has 1 aromatic carbocycles. The van der Waals surface area contributed by atoms with E-state index in [-0.39, 0.29) is 11.3 Å². The first-order valence-electron chi connectivity index (χ1n) is 9.32. The van der Waals surface area contributed by atoms with Gasteiger partial charge in [0.05, 0.1) is 17.5 Å². The Labute approximate surface area is 158 Å². The summed E-state index contributed by atoms with van der Waals surface area (Å²) in [6.07, 6.45) is 4.76. The number of nitrogen functional groups attached to an aromatic ring is 1. The quantitative estimate of drug-likeness (QED) is 0.662. The van der Waals surface area contributed by atoms with E-state index < -0.39 is 10.0 Å². The van der Waals surface area contributed by atoms with Crippen LogP contribution in [0.4, 0.5) is 5.69 Å². The molecule has 1 fully saturated rings. The van der Waals surface area contributed by atoms with Gasteiger partial charge in [-0.15, -0.1) is 0 Å². The standard InChI is InChI=1S/C20H22N4O2S/c21-13-4-7-19-17(9-13)18-10-15(23-27(25,26)16-5-6-16)11-20(18)24(19)12-14-3-1-2-8-22-14/h1-4,7-9,15-16,23H,5-6,10-12,21H2/t15-/m1/s1. The zero-order valence-electron chi connectivity index (χ0n) is 14.9. The van der Waals surface area contributed by atoms with Crippen molar-refractivity contribution in [3.05, 3.63) is 59.5 Å². The van der Waals surface area contributed by atoms with Gasteiger partial charge in [-0.25, -0.2) is 13.1 Å². The Balaban J connectivity index is 1.53.